The first-order valence-corrected chi connectivity index (χ1v) is 15.5. The highest BCUT2D eigenvalue weighted by Crippen LogP contribution is 2.33. The summed E-state index contributed by atoms with van der Waals surface area (Å²) in [6, 6.07) is 20.3. The minimum Gasteiger partial charge on any atom is -0.457 e. The summed E-state index contributed by atoms with van der Waals surface area (Å²) in [4.78, 5) is 14.6. The molecule has 1 N–H and O–H groups in total. The summed E-state index contributed by atoms with van der Waals surface area (Å²) in [6.45, 7) is 1.91. The molecule has 0 unspecified atom stereocenters. The van der Waals surface area contributed by atoms with Crippen molar-refractivity contribution in [1.82, 2.24) is 0 Å². The molecule has 0 aliphatic heterocycles. The van der Waals surface area contributed by atoms with Crippen LogP contribution in [0.4, 0.5) is 5.69 Å². The molecule has 0 bridgehead atoms. The van der Waals surface area contributed by atoms with E-state index >= 15 is 0 Å². The summed E-state index contributed by atoms with van der Waals surface area (Å²) < 4.78 is 58.8. The normalized spacial score (nSPS) is 11.6. The van der Waals surface area contributed by atoms with Gasteiger partial charge in [0, 0.05) is 41.3 Å². The zero-order valence-corrected chi connectivity index (χ0v) is 22.5. The molecule has 0 spiro atoms. The first kappa shape index (κ1) is 26.4. The Labute approximate surface area is 219 Å². The van der Waals surface area contributed by atoms with Crippen molar-refractivity contribution in [3.05, 3.63) is 88.6 Å². The molecule has 37 heavy (non-hydrogen) atoms. The number of thiophene rings is 1. The summed E-state index contributed by atoms with van der Waals surface area (Å²) in [5.41, 5.74) is 0.407. The molecule has 8 nitrogen and oxygen atoms in total. The van der Waals surface area contributed by atoms with Gasteiger partial charge in [-0.1, -0.05) is 0 Å². The number of carbonyl (C=O) groups is 1. The lowest BCUT2D eigenvalue weighted by Crippen LogP contribution is -2.10. The fraction of sp³-hybridized carbons (Fsp3) is 0.115. The molecule has 1 aromatic heterocycles. The molecule has 1 amide bonds. The van der Waals surface area contributed by atoms with Crippen molar-refractivity contribution in [3.63, 3.8) is 0 Å². The van der Waals surface area contributed by atoms with Crippen molar-refractivity contribution in [2.75, 3.05) is 17.8 Å². The van der Waals surface area contributed by atoms with E-state index in [1.807, 2.05) is 13.0 Å². The van der Waals surface area contributed by atoms with E-state index in [9.17, 15) is 21.6 Å². The molecule has 4 rings (SSSR count). The van der Waals surface area contributed by atoms with E-state index in [1.165, 1.54) is 59.9 Å². The highest BCUT2D eigenvalue weighted by molar-refractivity contribution is 7.91. The highest BCUT2D eigenvalue weighted by Gasteiger charge is 2.13. The molecular weight excluding hydrogens is 534 g/mol. The van der Waals surface area contributed by atoms with Crippen molar-refractivity contribution in [2.24, 2.45) is 0 Å². The number of benzene rings is 3. The molecule has 0 fully saturated rings. The third-order valence-electron chi connectivity index (χ3n) is 5.08. The van der Waals surface area contributed by atoms with Gasteiger partial charge in [0.25, 0.3) is 5.91 Å². The number of amides is 1. The molecule has 0 aliphatic carbocycles. The van der Waals surface area contributed by atoms with Crippen LogP contribution >= 0.6 is 11.3 Å². The van der Waals surface area contributed by atoms with Gasteiger partial charge in [-0.15, -0.1) is 11.3 Å². The SMILES string of the molecule is Cc1ccc(C(=O)Nc2cc(Oc3ccc(S(C)(=O)=O)cc3)cc(Oc3ccc(S(C)(=O)=O)cc3)c2)s1. The van der Waals surface area contributed by atoms with Crippen LogP contribution in [-0.4, -0.2) is 35.3 Å². The van der Waals surface area contributed by atoms with Gasteiger partial charge in [0.1, 0.15) is 23.0 Å². The molecule has 11 heteroatoms. The lowest BCUT2D eigenvalue weighted by Gasteiger charge is -2.13. The van der Waals surface area contributed by atoms with Crippen molar-refractivity contribution in [3.8, 4) is 23.0 Å². The largest absolute Gasteiger partial charge is 0.457 e. The van der Waals surface area contributed by atoms with Gasteiger partial charge in [0.05, 0.1) is 14.7 Å². The zero-order chi connectivity index (χ0) is 26.8. The van der Waals surface area contributed by atoms with Crippen molar-refractivity contribution in [2.45, 2.75) is 16.7 Å². The maximum atomic E-state index is 12.7. The Balaban J connectivity index is 1.63. The van der Waals surface area contributed by atoms with Gasteiger partial charge in [0.2, 0.25) is 0 Å². The number of nitrogens with one attached hydrogen (secondary N) is 1. The van der Waals surface area contributed by atoms with Gasteiger partial charge in [-0.05, 0) is 67.6 Å². The fourth-order valence-corrected chi connectivity index (χ4v) is 5.32. The molecule has 0 atom stereocenters. The molecule has 0 saturated carbocycles. The standard InChI is InChI=1S/C26H23NO7S3/c1-17-4-13-25(35-17)26(28)27-18-14-21(33-19-5-9-23(10-6-19)36(2,29)30)16-22(15-18)34-20-7-11-24(12-8-20)37(3,31)32/h4-16H,1-3H3,(H,27,28). The average Bonchev–Trinajstić information content (AvgIpc) is 3.25. The van der Waals surface area contributed by atoms with E-state index in [0.29, 0.717) is 33.6 Å². The zero-order valence-electron chi connectivity index (χ0n) is 20.1. The van der Waals surface area contributed by atoms with E-state index in [1.54, 1.807) is 24.3 Å². The van der Waals surface area contributed by atoms with E-state index in [4.69, 9.17) is 9.47 Å². The monoisotopic (exact) mass is 557 g/mol. The predicted octanol–water partition coefficient (Wildman–Crippen LogP) is 5.70. The van der Waals surface area contributed by atoms with E-state index < -0.39 is 19.7 Å². The number of sulfone groups is 2. The van der Waals surface area contributed by atoms with Gasteiger partial charge in [0.15, 0.2) is 19.7 Å². The summed E-state index contributed by atoms with van der Waals surface area (Å²) in [7, 11) is -6.70. The Morgan fingerprint density at radius 2 is 1.14 bits per heavy atom. The van der Waals surface area contributed by atoms with Crippen LogP contribution in [0.1, 0.15) is 14.5 Å². The van der Waals surface area contributed by atoms with E-state index in [0.717, 1.165) is 17.4 Å². The van der Waals surface area contributed by atoms with Crippen LogP contribution in [0.2, 0.25) is 0 Å². The summed E-state index contributed by atoms with van der Waals surface area (Å²) >= 11 is 1.36. The predicted molar refractivity (Wildman–Crippen MR) is 143 cm³/mol. The number of carbonyl (C=O) groups excluding carboxylic acids is 1. The Hall–Kier alpha value is -3.67. The second-order valence-electron chi connectivity index (χ2n) is 8.25. The maximum Gasteiger partial charge on any atom is 0.265 e. The molecule has 4 aromatic rings. The van der Waals surface area contributed by atoms with E-state index in [2.05, 4.69) is 5.32 Å². The Morgan fingerprint density at radius 1 is 0.676 bits per heavy atom. The Kier molecular flexibility index (Phi) is 7.39. The minimum absolute atomic E-state index is 0.161. The molecule has 192 valence electrons. The minimum atomic E-state index is -3.35. The number of ether oxygens (including phenoxy) is 2. The molecular formula is C26H23NO7S3. The maximum absolute atomic E-state index is 12.7. The third kappa shape index (κ3) is 6.97. The second-order valence-corrected chi connectivity index (χ2v) is 13.6. The lowest BCUT2D eigenvalue weighted by atomic mass is 10.2. The first-order chi connectivity index (χ1) is 17.4. The number of hydrogen-bond acceptors (Lipinski definition) is 8. The molecule has 3 aromatic carbocycles. The van der Waals surface area contributed by atoms with Gasteiger partial charge in [-0.25, -0.2) is 16.8 Å². The van der Waals surface area contributed by atoms with Gasteiger partial charge >= 0.3 is 0 Å². The summed E-state index contributed by atoms with van der Waals surface area (Å²) in [5.74, 6) is 1.13. The van der Waals surface area contributed by atoms with Crippen LogP contribution in [0, 0.1) is 6.92 Å². The van der Waals surface area contributed by atoms with Crippen LogP contribution in [0.5, 0.6) is 23.0 Å². The number of anilines is 1. The van der Waals surface area contributed by atoms with Crippen LogP contribution < -0.4 is 14.8 Å². The van der Waals surface area contributed by atoms with E-state index in [-0.39, 0.29) is 15.7 Å². The summed E-state index contributed by atoms with van der Waals surface area (Å²) in [5, 5.41) is 2.83. The first-order valence-electron chi connectivity index (χ1n) is 10.9. The smallest absolute Gasteiger partial charge is 0.265 e. The van der Waals surface area contributed by atoms with Crippen LogP contribution in [0.15, 0.2) is 88.7 Å². The van der Waals surface area contributed by atoms with Crippen molar-refractivity contribution < 1.29 is 31.1 Å². The van der Waals surface area contributed by atoms with Crippen LogP contribution in [0.25, 0.3) is 0 Å². The van der Waals surface area contributed by atoms with Gasteiger partial charge in [-0.3, -0.25) is 4.79 Å². The third-order valence-corrected chi connectivity index (χ3v) is 8.33. The quantitative estimate of drug-likeness (QED) is 0.295. The highest BCUT2D eigenvalue weighted by atomic mass is 32.2. The molecule has 0 radical (unpaired) electrons. The number of rotatable bonds is 8. The molecule has 1 heterocycles. The fourth-order valence-electron chi connectivity index (χ4n) is 3.29. The van der Waals surface area contributed by atoms with Crippen LogP contribution in [0.3, 0.4) is 0 Å². The van der Waals surface area contributed by atoms with Crippen molar-refractivity contribution >= 4 is 42.6 Å². The Morgan fingerprint density at radius 3 is 1.51 bits per heavy atom. The number of hydrogen-bond donors (Lipinski definition) is 1. The Bertz CT molecular complexity index is 1560. The second kappa shape index (κ2) is 10.4. The van der Waals surface area contributed by atoms with Gasteiger partial charge < -0.3 is 14.8 Å². The van der Waals surface area contributed by atoms with Crippen LogP contribution in [-0.2, 0) is 19.7 Å². The number of aryl methyl sites for hydroxylation is 1. The topological polar surface area (TPSA) is 116 Å². The lowest BCUT2D eigenvalue weighted by molar-refractivity contribution is 0.103. The molecule has 0 aliphatic rings. The summed E-state index contributed by atoms with van der Waals surface area (Å²) in [6.07, 6.45) is 2.24. The van der Waals surface area contributed by atoms with Gasteiger partial charge in [-0.2, -0.15) is 0 Å². The molecule has 0 saturated heterocycles. The average molecular weight is 558 g/mol. The van der Waals surface area contributed by atoms with Crippen molar-refractivity contribution in [1.29, 1.82) is 0 Å².